The first-order valence-corrected chi connectivity index (χ1v) is 5.36. The number of rotatable bonds is 2. The van der Waals surface area contributed by atoms with Gasteiger partial charge in [0, 0.05) is 5.02 Å². The second-order valence-electron chi connectivity index (χ2n) is 4.26. The molecule has 0 unspecified atom stereocenters. The second-order valence-corrected chi connectivity index (χ2v) is 4.63. The molecular weight excluding hydrogens is 212 g/mol. The highest BCUT2D eigenvalue weighted by Gasteiger charge is 2.52. The number of hydrogen-bond donors (Lipinski definition) is 1. The van der Waals surface area contributed by atoms with Crippen molar-refractivity contribution in [1.29, 1.82) is 0 Å². The van der Waals surface area contributed by atoms with Gasteiger partial charge >= 0.3 is 5.97 Å². The van der Waals surface area contributed by atoms with Crippen molar-refractivity contribution in [2.45, 2.75) is 32.1 Å². The van der Waals surface area contributed by atoms with E-state index >= 15 is 0 Å². The highest BCUT2D eigenvalue weighted by molar-refractivity contribution is 6.32. The summed E-state index contributed by atoms with van der Waals surface area (Å²) in [6.07, 6.45) is 1.45. The molecule has 1 aliphatic rings. The van der Waals surface area contributed by atoms with E-state index in [9.17, 15) is 9.90 Å². The lowest BCUT2D eigenvalue weighted by Gasteiger charge is -2.15. The maximum absolute atomic E-state index is 11.2. The maximum Gasteiger partial charge on any atom is 0.314 e. The van der Waals surface area contributed by atoms with Crippen LogP contribution in [-0.4, -0.2) is 11.1 Å². The highest BCUT2D eigenvalue weighted by atomic mass is 35.5. The quantitative estimate of drug-likeness (QED) is 0.838. The van der Waals surface area contributed by atoms with Crippen LogP contribution in [0, 0.1) is 13.8 Å². The number of benzene rings is 1. The molecule has 1 aromatic carbocycles. The predicted octanol–water partition coefficient (Wildman–Crippen LogP) is 3.07. The van der Waals surface area contributed by atoms with Gasteiger partial charge in [-0.3, -0.25) is 4.79 Å². The first-order valence-electron chi connectivity index (χ1n) is 4.98. The summed E-state index contributed by atoms with van der Waals surface area (Å²) < 4.78 is 0. The molecule has 0 bridgehead atoms. The van der Waals surface area contributed by atoms with Crippen molar-refractivity contribution >= 4 is 17.6 Å². The molecule has 80 valence electrons. The van der Waals surface area contributed by atoms with Crippen molar-refractivity contribution in [3.8, 4) is 0 Å². The lowest BCUT2D eigenvalue weighted by Crippen LogP contribution is -2.20. The van der Waals surface area contributed by atoms with Crippen molar-refractivity contribution in [1.82, 2.24) is 0 Å². The number of carboxylic acid groups (broad SMARTS) is 1. The van der Waals surface area contributed by atoms with Crippen molar-refractivity contribution in [3.63, 3.8) is 0 Å². The van der Waals surface area contributed by atoms with Crippen LogP contribution in [0.2, 0.25) is 5.02 Å². The summed E-state index contributed by atoms with van der Waals surface area (Å²) in [5.74, 6) is -0.731. The van der Waals surface area contributed by atoms with Gasteiger partial charge in [0.2, 0.25) is 0 Å². The predicted molar refractivity (Wildman–Crippen MR) is 59.5 cm³/mol. The standard InChI is InChI=1S/C12H13ClO2/c1-7-3-4-9(8(2)10(7)13)12(5-6-12)11(14)15/h3-4H,5-6H2,1-2H3,(H,14,15). The average molecular weight is 225 g/mol. The third kappa shape index (κ3) is 1.44. The molecule has 0 aliphatic heterocycles. The Balaban J connectivity index is 2.55. The minimum Gasteiger partial charge on any atom is -0.481 e. The van der Waals surface area contributed by atoms with Gasteiger partial charge in [-0.05, 0) is 43.4 Å². The minimum absolute atomic E-state index is 0.651. The smallest absolute Gasteiger partial charge is 0.314 e. The van der Waals surface area contributed by atoms with Crippen LogP contribution in [0.15, 0.2) is 12.1 Å². The summed E-state index contributed by atoms with van der Waals surface area (Å²) in [6.45, 7) is 3.83. The van der Waals surface area contributed by atoms with E-state index in [-0.39, 0.29) is 0 Å². The molecule has 0 heterocycles. The first kappa shape index (κ1) is 10.5. The Kier molecular flexibility index (Phi) is 2.27. The average Bonchev–Trinajstić information content (AvgIpc) is 2.95. The molecule has 0 atom stereocenters. The second kappa shape index (κ2) is 3.24. The SMILES string of the molecule is Cc1ccc(C2(C(=O)O)CC2)c(C)c1Cl. The van der Waals surface area contributed by atoms with Crippen LogP contribution in [-0.2, 0) is 10.2 Å². The molecule has 0 saturated heterocycles. The minimum atomic E-state index is -0.731. The van der Waals surface area contributed by atoms with Crippen LogP contribution >= 0.6 is 11.6 Å². The van der Waals surface area contributed by atoms with Gasteiger partial charge in [0.05, 0.1) is 5.41 Å². The Morgan fingerprint density at radius 1 is 1.40 bits per heavy atom. The highest BCUT2D eigenvalue weighted by Crippen LogP contribution is 2.50. The van der Waals surface area contributed by atoms with Gasteiger partial charge in [0.25, 0.3) is 0 Å². The molecule has 0 amide bonds. The Bertz CT molecular complexity index is 433. The Morgan fingerprint density at radius 3 is 2.47 bits per heavy atom. The Morgan fingerprint density at radius 2 is 2.00 bits per heavy atom. The van der Waals surface area contributed by atoms with Gasteiger partial charge in [0.15, 0.2) is 0 Å². The van der Waals surface area contributed by atoms with E-state index in [1.54, 1.807) is 0 Å². The van der Waals surface area contributed by atoms with Crippen LogP contribution in [0.25, 0.3) is 0 Å². The van der Waals surface area contributed by atoms with Gasteiger partial charge in [-0.1, -0.05) is 23.7 Å². The van der Waals surface area contributed by atoms with Gasteiger partial charge < -0.3 is 5.11 Å². The zero-order valence-corrected chi connectivity index (χ0v) is 9.56. The first-order chi connectivity index (χ1) is 6.99. The van der Waals surface area contributed by atoms with E-state index < -0.39 is 11.4 Å². The lowest BCUT2D eigenvalue weighted by molar-refractivity contribution is -0.140. The summed E-state index contributed by atoms with van der Waals surface area (Å²) in [4.78, 5) is 11.2. The Labute approximate surface area is 93.9 Å². The normalized spacial score (nSPS) is 17.5. The van der Waals surface area contributed by atoms with Gasteiger partial charge in [-0.2, -0.15) is 0 Å². The third-order valence-electron chi connectivity index (χ3n) is 3.25. The van der Waals surface area contributed by atoms with Crippen molar-refractivity contribution in [3.05, 3.63) is 33.8 Å². The summed E-state index contributed by atoms with van der Waals surface area (Å²) in [6, 6.07) is 3.80. The van der Waals surface area contributed by atoms with Crippen molar-refractivity contribution in [2.75, 3.05) is 0 Å². The molecular formula is C12H13ClO2. The molecule has 1 aliphatic carbocycles. The van der Waals surface area contributed by atoms with E-state index in [0.717, 1.165) is 29.5 Å². The number of carbonyl (C=O) groups is 1. The van der Waals surface area contributed by atoms with E-state index in [1.807, 2.05) is 26.0 Å². The molecule has 1 aromatic rings. The number of carboxylic acids is 1. The van der Waals surface area contributed by atoms with Crippen LogP contribution in [0.5, 0.6) is 0 Å². The Hall–Kier alpha value is -1.02. The van der Waals surface area contributed by atoms with Gasteiger partial charge in [-0.25, -0.2) is 0 Å². The monoisotopic (exact) mass is 224 g/mol. The fourth-order valence-electron chi connectivity index (χ4n) is 2.06. The topological polar surface area (TPSA) is 37.3 Å². The summed E-state index contributed by atoms with van der Waals surface area (Å²) in [5, 5.41) is 9.89. The molecule has 3 heteroatoms. The third-order valence-corrected chi connectivity index (χ3v) is 3.84. The number of aliphatic carboxylic acids is 1. The van der Waals surface area contributed by atoms with E-state index in [0.29, 0.717) is 5.02 Å². The number of halogens is 1. The van der Waals surface area contributed by atoms with E-state index in [4.69, 9.17) is 11.6 Å². The largest absolute Gasteiger partial charge is 0.481 e. The zero-order chi connectivity index (χ0) is 11.2. The fraction of sp³-hybridized carbons (Fsp3) is 0.417. The van der Waals surface area contributed by atoms with Gasteiger partial charge in [0.1, 0.15) is 0 Å². The molecule has 0 spiro atoms. The number of hydrogen-bond acceptors (Lipinski definition) is 1. The summed E-state index contributed by atoms with van der Waals surface area (Å²) in [7, 11) is 0. The molecule has 1 fully saturated rings. The molecule has 0 radical (unpaired) electrons. The summed E-state index contributed by atoms with van der Waals surface area (Å²) >= 11 is 6.13. The van der Waals surface area contributed by atoms with Crippen molar-refractivity contribution in [2.24, 2.45) is 0 Å². The van der Waals surface area contributed by atoms with E-state index in [2.05, 4.69) is 0 Å². The molecule has 0 aromatic heterocycles. The summed E-state index contributed by atoms with van der Waals surface area (Å²) in [5.41, 5.74) is 2.14. The molecule has 2 rings (SSSR count). The lowest BCUT2D eigenvalue weighted by atomic mass is 9.91. The molecule has 15 heavy (non-hydrogen) atoms. The van der Waals surface area contributed by atoms with Crippen LogP contribution in [0.4, 0.5) is 0 Å². The van der Waals surface area contributed by atoms with Crippen LogP contribution in [0.3, 0.4) is 0 Å². The number of aryl methyl sites for hydroxylation is 1. The molecule has 2 nitrogen and oxygen atoms in total. The molecule has 1 N–H and O–H groups in total. The van der Waals surface area contributed by atoms with Gasteiger partial charge in [-0.15, -0.1) is 0 Å². The van der Waals surface area contributed by atoms with E-state index in [1.165, 1.54) is 0 Å². The van der Waals surface area contributed by atoms with Crippen molar-refractivity contribution < 1.29 is 9.90 Å². The maximum atomic E-state index is 11.2. The van der Waals surface area contributed by atoms with Crippen LogP contribution < -0.4 is 0 Å². The van der Waals surface area contributed by atoms with Crippen LogP contribution in [0.1, 0.15) is 29.5 Å². The zero-order valence-electron chi connectivity index (χ0n) is 8.80. The molecule has 1 saturated carbocycles. The fourth-order valence-corrected chi connectivity index (χ4v) is 2.23.